The minimum absolute atomic E-state index is 0.0529. The SMILES string of the molecule is Cc1cc(NC(=O)NC(C)Cc2ccccc2Cl)no1. The van der Waals surface area contributed by atoms with Crippen molar-refractivity contribution in [1.82, 2.24) is 10.5 Å². The number of carbonyl (C=O) groups excluding carboxylic acids is 1. The number of nitrogens with zero attached hydrogens (tertiary/aromatic N) is 1. The highest BCUT2D eigenvalue weighted by atomic mass is 35.5. The standard InChI is InChI=1S/C14H16ClN3O2/c1-9(7-11-5-3-4-6-12(11)15)16-14(19)17-13-8-10(2)20-18-13/h3-6,8-9H,7H2,1-2H3,(H2,16,17,18,19). The molecule has 106 valence electrons. The lowest BCUT2D eigenvalue weighted by Crippen LogP contribution is -2.37. The number of benzene rings is 1. The molecule has 1 aromatic heterocycles. The van der Waals surface area contributed by atoms with E-state index in [4.69, 9.17) is 16.1 Å². The maximum atomic E-state index is 11.8. The first-order valence-corrected chi connectivity index (χ1v) is 6.66. The summed E-state index contributed by atoms with van der Waals surface area (Å²) in [5.41, 5.74) is 0.999. The van der Waals surface area contributed by atoms with Gasteiger partial charge in [-0.25, -0.2) is 4.79 Å². The molecule has 2 N–H and O–H groups in total. The van der Waals surface area contributed by atoms with Gasteiger partial charge < -0.3 is 9.84 Å². The number of amides is 2. The molecule has 0 aliphatic carbocycles. The molecular weight excluding hydrogens is 278 g/mol. The largest absolute Gasteiger partial charge is 0.360 e. The van der Waals surface area contributed by atoms with Crippen LogP contribution in [0.3, 0.4) is 0 Å². The Morgan fingerprint density at radius 2 is 2.20 bits per heavy atom. The van der Waals surface area contributed by atoms with Gasteiger partial charge in [-0.3, -0.25) is 5.32 Å². The number of urea groups is 1. The molecule has 20 heavy (non-hydrogen) atoms. The molecule has 2 amide bonds. The predicted molar refractivity (Wildman–Crippen MR) is 78.0 cm³/mol. The Morgan fingerprint density at radius 3 is 2.85 bits per heavy atom. The maximum Gasteiger partial charge on any atom is 0.320 e. The van der Waals surface area contributed by atoms with Crippen molar-refractivity contribution in [3.05, 3.63) is 46.7 Å². The summed E-state index contributed by atoms with van der Waals surface area (Å²) in [6.45, 7) is 3.67. The zero-order chi connectivity index (χ0) is 14.5. The highest BCUT2D eigenvalue weighted by Gasteiger charge is 2.11. The molecule has 1 aromatic carbocycles. The zero-order valence-electron chi connectivity index (χ0n) is 11.3. The monoisotopic (exact) mass is 293 g/mol. The molecule has 5 nitrogen and oxygen atoms in total. The van der Waals surface area contributed by atoms with Crippen LogP contribution in [0.5, 0.6) is 0 Å². The first-order valence-electron chi connectivity index (χ1n) is 6.29. The average Bonchev–Trinajstić information content (AvgIpc) is 2.77. The van der Waals surface area contributed by atoms with E-state index in [1.807, 2.05) is 31.2 Å². The Balaban J connectivity index is 1.86. The van der Waals surface area contributed by atoms with Crippen LogP contribution >= 0.6 is 11.6 Å². The van der Waals surface area contributed by atoms with Crippen LogP contribution in [0.2, 0.25) is 5.02 Å². The van der Waals surface area contributed by atoms with E-state index >= 15 is 0 Å². The Kier molecular flexibility index (Phi) is 4.63. The number of nitrogens with one attached hydrogen (secondary N) is 2. The van der Waals surface area contributed by atoms with Crippen LogP contribution in [0.1, 0.15) is 18.2 Å². The van der Waals surface area contributed by atoms with Crippen LogP contribution in [0, 0.1) is 6.92 Å². The van der Waals surface area contributed by atoms with Crippen molar-refractivity contribution in [3.8, 4) is 0 Å². The molecule has 6 heteroatoms. The fourth-order valence-corrected chi connectivity index (χ4v) is 2.06. The quantitative estimate of drug-likeness (QED) is 0.908. The molecule has 0 radical (unpaired) electrons. The smallest absolute Gasteiger partial charge is 0.320 e. The van der Waals surface area contributed by atoms with E-state index in [1.165, 1.54) is 0 Å². The van der Waals surface area contributed by atoms with Crippen molar-refractivity contribution >= 4 is 23.4 Å². The molecule has 1 atom stereocenters. The number of hydrogen-bond acceptors (Lipinski definition) is 3. The van der Waals surface area contributed by atoms with Crippen molar-refractivity contribution in [2.45, 2.75) is 26.3 Å². The van der Waals surface area contributed by atoms with Crippen LogP contribution in [0.25, 0.3) is 0 Å². The lowest BCUT2D eigenvalue weighted by Gasteiger charge is -2.14. The van der Waals surface area contributed by atoms with Gasteiger partial charge >= 0.3 is 6.03 Å². The van der Waals surface area contributed by atoms with Crippen LogP contribution in [-0.2, 0) is 6.42 Å². The van der Waals surface area contributed by atoms with E-state index < -0.39 is 0 Å². The second kappa shape index (κ2) is 6.43. The maximum absolute atomic E-state index is 11.8. The first-order chi connectivity index (χ1) is 9.54. The van der Waals surface area contributed by atoms with Gasteiger partial charge in [-0.1, -0.05) is 35.0 Å². The minimum atomic E-state index is -0.321. The van der Waals surface area contributed by atoms with Gasteiger partial charge in [0.15, 0.2) is 5.82 Å². The van der Waals surface area contributed by atoms with Crippen molar-refractivity contribution in [3.63, 3.8) is 0 Å². The number of aryl methyl sites for hydroxylation is 1. The third kappa shape index (κ3) is 3.99. The summed E-state index contributed by atoms with van der Waals surface area (Å²) in [6, 6.07) is 8.86. The Labute approximate surface area is 122 Å². The Morgan fingerprint density at radius 1 is 1.45 bits per heavy atom. The second-order valence-corrected chi connectivity index (χ2v) is 5.03. The van der Waals surface area contributed by atoms with Gasteiger partial charge in [-0.2, -0.15) is 0 Å². The minimum Gasteiger partial charge on any atom is -0.360 e. The normalized spacial score (nSPS) is 11.9. The number of carbonyl (C=O) groups is 1. The van der Waals surface area contributed by atoms with Gasteiger partial charge in [0.25, 0.3) is 0 Å². The molecule has 0 aliphatic rings. The van der Waals surface area contributed by atoms with Crippen LogP contribution < -0.4 is 10.6 Å². The van der Waals surface area contributed by atoms with Gasteiger partial charge in [0.05, 0.1) is 0 Å². The van der Waals surface area contributed by atoms with E-state index in [2.05, 4.69) is 15.8 Å². The van der Waals surface area contributed by atoms with E-state index in [1.54, 1.807) is 13.0 Å². The molecule has 1 heterocycles. The highest BCUT2D eigenvalue weighted by molar-refractivity contribution is 6.31. The van der Waals surface area contributed by atoms with Gasteiger partial charge in [-0.05, 0) is 31.9 Å². The van der Waals surface area contributed by atoms with E-state index in [9.17, 15) is 4.79 Å². The zero-order valence-corrected chi connectivity index (χ0v) is 12.1. The summed E-state index contributed by atoms with van der Waals surface area (Å²) in [5.74, 6) is 1.04. The summed E-state index contributed by atoms with van der Waals surface area (Å²) in [6.07, 6.45) is 0.658. The Hall–Kier alpha value is -2.01. The highest BCUT2D eigenvalue weighted by Crippen LogP contribution is 2.16. The fraction of sp³-hybridized carbons (Fsp3) is 0.286. The molecular formula is C14H16ClN3O2. The molecule has 1 unspecified atom stereocenters. The summed E-state index contributed by atoms with van der Waals surface area (Å²) < 4.78 is 4.87. The van der Waals surface area contributed by atoms with Gasteiger partial charge in [0.2, 0.25) is 0 Å². The van der Waals surface area contributed by atoms with E-state index in [0.29, 0.717) is 23.0 Å². The summed E-state index contributed by atoms with van der Waals surface area (Å²) in [4.78, 5) is 11.8. The second-order valence-electron chi connectivity index (χ2n) is 4.62. The number of rotatable bonds is 4. The third-order valence-corrected chi connectivity index (χ3v) is 3.10. The van der Waals surface area contributed by atoms with Crippen molar-refractivity contribution < 1.29 is 9.32 Å². The number of hydrogen-bond donors (Lipinski definition) is 2. The predicted octanol–water partition coefficient (Wildman–Crippen LogP) is 3.39. The lowest BCUT2D eigenvalue weighted by atomic mass is 10.1. The van der Waals surface area contributed by atoms with Crippen LogP contribution in [0.4, 0.5) is 10.6 Å². The van der Waals surface area contributed by atoms with Gasteiger partial charge in [0.1, 0.15) is 5.76 Å². The molecule has 2 rings (SSSR count). The Bertz CT molecular complexity index is 598. The number of anilines is 1. The van der Waals surface area contributed by atoms with Crippen molar-refractivity contribution in [2.24, 2.45) is 0 Å². The number of aromatic nitrogens is 1. The molecule has 0 spiro atoms. The van der Waals surface area contributed by atoms with E-state index in [-0.39, 0.29) is 12.1 Å². The average molecular weight is 294 g/mol. The molecule has 2 aromatic rings. The van der Waals surface area contributed by atoms with Gasteiger partial charge in [0, 0.05) is 17.1 Å². The molecule has 0 fully saturated rings. The van der Waals surface area contributed by atoms with E-state index in [0.717, 1.165) is 5.56 Å². The summed E-state index contributed by atoms with van der Waals surface area (Å²) in [5, 5.41) is 9.82. The van der Waals surface area contributed by atoms with Crippen LogP contribution in [0.15, 0.2) is 34.9 Å². The van der Waals surface area contributed by atoms with Crippen LogP contribution in [-0.4, -0.2) is 17.2 Å². The first kappa shape index (κ1) is 14.4. The molecule has 0 aliphatic heterocycles. The number of halogens is 1. The molecule has 0 saturated heterocycles. The van der Waals surface area contributed by atoms with Crippen molar-refractivity contribution in [2.75, 3.05) is 5.32 Å². The third-order valence-electron chi connectivity index (χ3n) is 2.73. The van der Waals surface area contributed by atoms with Gasteiger partial charge in [-0.15, -0.1) is 0 Å². The summed E-state index contributed by atoms with van der Waals surface area (Å²) >= 11 is 6.09. The van der Waals surface area contributed by atoms with Crippen molar-refractivity contribution in [1.29, 1.82) is 0 Å². The summed E-state index contributed by atoms with van der Waals surface area (Å²) in [7, 11) is 0. The topological polar surface area (TPSA) is 67.2 Å². The molecule has 0 saturated carbocycles. The fourth-order valence-electron chi connectivity index (χ4n) is 1.85. The lowest BCUT2D eigenvalue weighted by molar-refractivity contribution is 0.249. The molecule has 0 bridgehead atoms.